The van der Waals surface area contributed by atoms with Crippen molar-refractivity contribution >= 4 is 22.4 Å². The summed E-state index contributed by atoms with van der Waals surface area (Å²) in [5, 5.41) is 8.12. The monoisotopic (exact) mass is 419 g/mol. The van der Waals surface area contributed by atoms with Gasteiger partial charge >= 0.3 is 0 Å². The first-order valence-corrected chi connectivity index (χ1v) is 10.4. The number of nitrogens with zero attached hydrogens (tertiary/aromatic N) is 4. The van der Waals surface area contributed by atoms with Gasteiger partial charge in [0.25, 0.3) is 0 Å². The zero-order valence-electron chi connectivity index (χ0n) is 16.4. The number of fused-ring (bicyclic) bond motifs is 3. The third kappa shape index (κ3) is 3.09. The van der Waals surface area contributed by atoms with Crippen LogP contribution in [0.4, 0.5) is 9.52 Å². The first-order valence-electron chi connectivity index (χ1n) is 9.59. The van der Waals surface area contributed by atoms with Crippen LogP contribution in [0.3, 0.4) is 0 Å². The predicted octanol–water partition coefficient (Wildman–Crippen LogP) is 4.56. The van der Waals surface area contributed by atoms with E-state index in [-0.39, 0.29) is 11.7 Å². The number of aryl methyl sites for hydroxylation is 2. The first-order chi connectivity index (χ1) is 14.5. The van der Waals surface area contributed by atoms with E-state index in [0.29, 0.717) is 10.8 Å². The minimum Gasteiger partial charge on any atom is -0.302 e. The van der Waals surface area contributed by atoms with Crippen molar-refractivity contribution in [2.75, 3.05) is 5.32 Å². The Hall–Kier alpha value is -3.39. The fraction of sp³-hybridized carbons (Fsp3) is 0.182. The first kappa shape index (κ1) is 18.6. The molecule has 30 heavy (non-hydrogen) atoms. The Morgan fingerprint density at radius 2 is 2.03 bits per heavy atom. The van der Waals surface area contributed by atoms with E-state index in [2.05, 4.69) is 15.3 Å². The van der Waals surface area contributed by atoms with Crippen molar-refractivity contribution in [3.05, 3.63) is 65.4 Å². The van der Waals surface area contributed by atoms with Crippen LogP contribution >= 0.6 is 11.3 Å². The molecule has 1 aromatic carbocycles. The number of pyridine rings is 1. The summed E-state index contributed by atoms with van der Waals surface area (Å²) in [7, 11) is 0. The van der Waals surface area contributed by atoms with E-state index in [4.69, 9.17) is 5.10 Å². The van der Waals surface area contributed by atoms with Crippen molar-refractivity contribution in [3.63, 3.8) is 0 Å². The second kappa shape index (κ2) is 7.14. The predicted molar refractivity (Wildman–Crippen MR) is 114 cm³/mol. The Bertz CT molecular complexity index is 1280. The van der Waals surface area contributed by atoms with E-state index in [1.807, 2.05) is 19.1 Å². The van der Waals surface area contributed by atoms with Gasteiger partial charge in [0.05, 0.1) is 22.0 Å². The Labute approximate surface area is 176 Å². The van der Waals surface area contributed by atoms with Crippen molar-refractivity contribution in [1.29, 1.82) is 0 Å². The third-order valence-electron chi connectivity index (χ3n) is 5.06. The molecule has 0 saturated carbocycles. The highest BCUT2D eigenvalue weighted by molar-refractivity contribution is 7.19. The number of amides is 1. The van der Waals surface area contributed by atoms with Crippen LogP contribution in [0.5, 0.6) is 0 Å². The highest BCUT2D eigenvalue weighted by Gasteiger charge is 2.30. The van der Waals surface area contributed by atoms with E-state index in [1.165, 1.54) is 24.3 Å². The van der Waals surface area contributed by atoms with Gasteiger partial charge in [0.15, 0.2) is 5.13 Å². The normalized spacial score (nSPS) is 12.4. The molecule has 1 aliphatic carbocycles. The minimum atomic E-state index is -0.352. The lowest BCUT2D eigenvalue weighted by Gasteiger charge is -2.14. The largest absolute Gasteiger partial charge is 0.302 e. The van der Waals surface area contributed by atoms with Gasteiger partial charge in [0.1, 0.15) is 11.5 Å². The number of hydrogen-bond donors (Lipinski definition) is 1. The van der Waals surface area contributed by atoms with E-state index >= 15 is 0 Å². The lowest BCUT2D eigenvalue weighted by atomic mass is 9.95. The molecule has 0 atom stereocenters. The molecule has 150 valence electrons. The van der Waals surface area contributed by atoms with Gasteiger partial charge < -0.3 is 5.32 Å². The molecule has 0 bridgehead atoms. The number of nitrogens with one attached hydrogen (secondary N) is 1. The van der Waals surface area contributed by atoms with Gasteiger partial charge in [-0.3, -0.25) is 9.78 Å². The number of rotatable bonds is 3. The highest BCUT2D eigenvalue weighted by Crippen LogP contribution is 2.44. The van der Waals surface area contributed by atoms with E-state index in [0.717, 1.165) is 51.6 Å². The molecule has 3 aromatic heterocycles. The molecule has 0 unspecified atom stereocenters. The topological polar surface area (TPSA) is 72.7 Å². The number of hydrogen-bond acceptors (Lipinski definition) is 5. The lowest BCUT2D eigenvalue weighted by molar-refractivity contribution is -0.114. The zero-order chi connectivity index (χ0) is 20.8. The van der Waals surface area contributed by atoms with Crippen LogP contribution in [0.2, 0.25) is 0 Å². The zero-order valence-corrected chi connectivity index (χ0v) is 17.3. The number of carbonyl (C=O) groups excluding carboxylic acids is 1. The lowest BCUT2D eigenvalue weighted by Crippen LogP contribution is -2.07. The molecule has 8 heteroatoms. The summed E-state index contributed by atoms with van der Waals surface area (Å²) < 4.78 is 16.4. The number of anilines is 1. The van der Waals surface area contributed by atoms with Crippen molar-refractivity contribution in [3.8, 4) is 27.5 Å². The SMILES string of the molecule is CC(=O)Nc1nc2c(s1)-c1c(c(-c3ccc(C)nc3)nn1-c1ccccc1F)CC2. The van der Waals surface area contributed by atoms with E-state index < -0.39 is 0 Å². The quantitative estimate of drug-likeness (QED) is 0.528. The Morgan fingerprint density at radius 1 is 1.20 bits per heavy atom. The van der Waals surface area contributed by atoms with Gasteiger partial charge in [-0.1, -0.05) is 23.5 Å². The summed E-state index contributed by atoms with van der Waals surface area (Å²) in [5.41, 5.74) is 5.74. The number of aromatic nitrogens is 4. The summed E-state index contributed by atoms with van der Waals surface area (Å²) >= 11 is 1.39. The maximum Gasteiger partial charge on any atom is 0.223 e. The molecule has 1 aliphatic rings. The Kier molecular flexibility index (Phi) is 4.43. The van der Waals surface area contributed by atoms with Crippen molar-refractivity contribution < 1.29 is 9.18 Å². The van der Waals surface area contributed by atoms with Gasteiger partial charge in [0, 0.05) is 29.9 Å². The van der Waals surface area contributed by atoms with Crippen LogP contribution in [-0.2, 0) is 17.6 Å². The number of carbonyl (C=O) groups is 1. The smallest absolute Gasteiger partial charge is 0.223 e. The van der Waals surface area contributed by atoms with Crippen LogP contribution < -0.4 is 5.32 Å². The molecule has 4 aromatic rings. The number of halogens is 1. The molecule has 1 amide bonds. The Morgan fingerprint density at radius 3 is 2.77 bits per heavy atom. The summed E-state index contributed by atoms with van der Waals surface area (Å²) in [6.45, 7) is 3.39. The van der Waals surface area contributed by atoms with Crippen molar-refractivity contribution in [1.82, 2.24) is 19.7 Å². The van der Waals surface area contributed by atoms with E-state index in [1.54, 1.807) is 29.1 Å². The van der Waals surface area contributed by atoms with Crippen LogP contribution in [0.25, 0.3) is 27.5 Å². The van der Waals surface area contributed by atoms with Gasteiger partial charge in [0.2, 0.25) is 5.91 Å². The summed E-state index contributed by atoms with van der Waals surface area (Å²) in [6.07, 6.45) is 3.26. The molecule has 0 spiro atoms. The number of thiazole rings is 1. The molecule has 0 saturated heterocycles. The summed E-state index contributed by atoms with van der Waals surface area (Å²) in [5.74, 6) is -0.523. The standard InChI is InChI=1S/C22H18FN5OS/c1-12-7-8-14(11-24-12)19-15-9-10-17-21(30-22(26-17)25-13(2)29)20(15)28(27-19)18-6-4-3-5-16(18)23/h3-8,11H,9-10H2,1-2H3,(H,25,26,29). The van der Waals surface area contributed by atoms with Crippen LogP contribution in [0.15, 0.2) is 42.6 Å². The molecule has 0 aliphatic heterocycles. The van der Waals surface area contributed by atoms with Gasteiger partial charge in [-0.15, -0.1) is 0 Å². The molecular weight excluding hydrogens is 401 g/mol. The molecule has 0 fully saturated rings. The third-order valence-corrected chi connectivity index (χ3v) is 6.08. The average molecular weight is 419 g/mol. The van der Waals surface area contributed by atoms with Crippen LogP contribution in [0.1, 0.15) is 23.9 Å². The second-order valence-corrected chi connectivity index (χ2v) is 8.20. The second-order valence-electron chi connectivity index (χ2n) is 7.20. The van der Waals surface area contributed by atoms with Gasteiger partial charge in [-0.25, -0.2) is 14.1 Å². The number of para-hydroxylation sites is 1. The molecule has 5 rings (SSSR count). The molecule has 1 N–H and O–H groups in total. The van der Waals surface area contributed by atoms with E-state index in [9.17, 15) is 9.18 Å². The number of benzene rings is 1. The van der Waals surface area contributed by atoms with Gasteiger partial charge in [-0.05, 0) is 44.0 Å². The summed E-state index contributed by atoms with van der Waals surface area (Å²) in [6, 6.07) is 10.5. The minimum absolute atomic E-state index is 0.171. The Balaban J connectivity index is 1.76. The van der Waals surface area contributed by atoms with Crippen LogP contribution in [-0.4, -0.2) is 25.7 Å². The maximum absolute atomic E-state index is 14.7. The summed E-state index contributed by atoms with van der Waals surface area (Å²) in [4.78, 5) is 21.4. The fourth-order valence-corrected chi connectivity index (χ4v) is 4.83. The highest BCUT2D eigenvalue weighted by atomic mass is 32.1. The molecule has 3 heterocycles. The van der Waals surface area contributed by atoms with Crippen LogP contribution in [0, 0.1) is 12.7 Å². The average Bonchev–Trinajstić information content (AvgIpc) is 3.29. The van der Waals surface area contributed by atoms with Crippen molar-refractivity contribution in [2.24, 2.45) is 0 Å². The molecule has 6 nitrogen and oxygen atoms in total. The molecule has 0 radical (unpaired) electrons. The maximum atomic E-state index is 14.7. The van der Waals surface area contributed by atoms with Crippen molar-refractivity contribution in [2.45, 2.75) is 26.7 Å². The van der Waals surface area contributed by atoms with Gasteiger partial charge in [-0.2, -0.15) is 5.10 Å². The molecular formula is C22H18FN5OS. The fourth-order valence-electron chi connectivity index (χ4n) is 3.71.